The molecule has 106 valence electrons. The van der Waals surface area contributed by atoms with Gasteiger partial charge in [-0.15, -0.1) is 0 Å². The fourth-order valence-corrected chi connectivity index (χ4v) is 3.93. The van der Waals surface area contributed by atoms with Gasteiger partial charge in [0.25, 0.3) is 0 Å². The maximum absolute atomic E-state index is 10.3. The Morgan fingerprint density at radius 2 is 2.16 bits per heavy atom. The fraction of sp³-hybridized carbons (Fsp3) is 0.800. The molecule has 0 aromatic carbocycles. The molecule has 19 heavy (non-hydrogen) atoms. The van der Waals surface area contributed by atoms with Gasteiger partial charge < -0.3 is 10.0 Å². The molecular formula is C15H25N3O. The summed E-state index contributed by atoms with van der Waals surface area (Å²) in [6, 6.07) is 1.98. The predicted molar refractivity (Wildman–Crippen MR) is 74.8 cm³/mol. The van der Waals surface area contributed by atoms with Gasteiger partial charge in [0.2, 0.25) is 0 Å². The number of hydrogen-bond acceptors (Lipinski definition) is 3. The van der Waals surface area contributed by atoms with Gasteiger partial charge in [0, 0.05) is 30.9 Å². The van der Waals surface area contributed by atoms with E-state index in [-0.39, 0.29) is 11.5 Å². The second-order valence-electron chi connectivity index (χ2n) is 6.27. The average Bonchev–Trinajstić information content (AvgIpc) is 3.02. The highest BCUT2D eigenvalue weighted by Gasteiger charge is 2.44. The first-order chi connectivity index (χ1) is 9.28. The molecule has 2 aliphatic rings. The molecule has 0 amide bonds. The molecule has 1 N–H and O–H groups in total. The molecule has 1 aliphatic heterocycles. The molecule has 2 atom stereocenters. The van der Waals surface area contributed by atoms with Gasteiger partial charge in [-0.25, -0.2) is 0 Å². The van der Waals surface area contributed by atoms with Gasteiger partial charge >= 0.3 is 0 Å². The summed E-state index contributed by atoms with van der Waals surface area (Å²) in [5.41, 5.74) is 0.226. The fourth-order valence-electron chi connectivity index (χ4n) is 3.93. The number of aryl methyl sites for hydroxylation is 1. The summed E-state index contributed by atoms with van der Waals surface area (Å²) in [6.45, 7) is 4.44. The van der Waals surface area contributed by atoms with Gasteiger partial charge in [-0.2, -0.15) is 5.10 Å². The van der Waals surface area contributed by atoms with E-state index < -0.39 is 0 Å². The molecule has 0 unspecified atom stereocenters. The SMILES string of the molecule is O[C@@H]1CCC[C@]12CCCN(CCCn1cccn1)C2. The summed E-state index contributed by atoms with van der Waals surface area (Å²) in [7, 11) is 0. The van der Waals surface area contributed by atoms with Crippen molar-refractivity contribution in [2.45, 2.75) is 51.2 Å². The Hall–Kier alpha value is -0.870. The Morgan fingerprint density at radius 3 is 2.89 bits per heavy atom. The van der Waals surface area contributed by atoms with Crippen LogP contribution in [0, 0.1) is 5.41 Å². The third-order valence-corrected chi connectivity index (χ3v) is 4.97. The van der Waals surface area contributed by atoms with Crippen molar-refractivity contribution >= 4 is 0 Å². The van der Waals surface area contributed by atoms with Crippen LogP contribution in [0.15, 0.2) is 18.5 Å². The summed E-state index contributed by atoms with van der Waals surface area (Å²) in [4.78, 5) is 2.56. The third-order valence-electron chi connectivity index (χ3n) is 4.97. The molecule has 3 rings (SSSR count). The van der Waals surface area contributed by atoms with Crippen LogP contribution in [0.2, 0.25) is 0 Å². The second-order valence-corrected chi connectivity index (χ2v) is 6.27. The highest BCUT2D eigenvalue weighted by Crippen LogP contribution is 2.44. The molecule has 1 saturated carbocycles. The van der Waals surface area contributed by atoms with Crippen molar-refractivity contribution in [3.8, 4) is 0 Å². The predicted octanol–water partition coefficient (Wildman–Crippen LogP) is 1.90. The molecule has 0 radical (unpaired) electrons. The molecule has 1 saturated heterocycles. The van der Waals surface area contributed by atoms with E-state index in [0.29, 0.717) is 0 Å². The van der Waals surface area contributed by atoms with Crippen molar-refractivity contribution in [1.82, 2.24) is 14.7 Å². The standard InChI is InChI=1S/C15H25N3O/c19-14-5-1-6-15(14)7-2-9-17(13-15)10-4-12-18-11-3-8-16-18/h3,8,11,14,19H,1-2,4-7,9-10,12-13H2/t14-,15-/m1/s1. The highest BCUT2D eigenvalue weighted by molar-refractivity contribution is 4.96. The van der Waals surface area contributed by atoms with E-state index in [9.17, 15) is 5.11 Å². The van der Waals surface area contributed by atoms with E-state index >= 15 is 0 Å². The van der Waals surface area contributed by atoms with Crippen molar-refractivity contribution in [1.29, 1.82) is 0 Å². The molecule has 4 heteroatoms. The van der Waals surface area contributed by atoms with Crippen LogP contribution in [0.4, 0.5) is 0 Å². The minimum atomic E-state index is -0.0542. The Morgan fingerprint density at radius 1 is 1.26 bits per heavy atom. The Kier molecular flexibility index (Phi) is 3.89. The van der Waals surface area contributed by atoms with Crippen molar-refractivity contribution in [3.05, 3.63) is 18.5 Å². The first-order valence-electron chi connectivity index (χ1n) is 7.66. The summed E-state index contributed by atoms with van der Waals surface area (Å²) in [5.74, 6) is 0. The molecule has 2 heterocycles. The van der Waals surface area contributed by atoms with Gasteiger partial charge in [0.15, 0.2) is 0 Å². The van der Waals surface area contributed by atoms with Crippen LogP contribution in [0.1, 0.15) is 38.5 Å². The number of piperidine rings is 1. The van der Waals surface area contributed by atoms with Crippen molar-refractivity contribution in [3.63, 3.8) is 0 Å². The van der Waals surface area contributed by atoms with E-state index in [4.69, 9.17) is 0 Å². The number of aromatic nitrogens is 2. The Balaban J connectivity index is 1.48. The molecule has 1 aromatic rings. The van der Waals surface area contributed by atoms with Crippen LogP contribution in [-0.4, -0.2) is 45.5 Å². The maximum Gasteiger partial charge on any atom is 0.0608 e. The van der Waals surface area contributed by atoms with Crippen LogP contribution in [0.5, 0.6) is 0 Å². The van der Waals surface area contributed by atoms with Crippen LogP contribution >= 0.6 is 0 Å². The summed E-state index contributed by atoms with van der Waals surface area (Å²) in [5, 5.41) is 14.5. The van der Waals surface area contributed by atoms with Gasteiger partial charge in [-0.1, -0.05) is 6.42 Å². The lowest BCUT2D eigenvalue weighted by atomic mass is 9.76. The molecule has 4 nitrogen and oxygen atoms in total. The quantitative estimate of drug-likeness (QED) is 0.902. The van der Waals surface area contributed by atoms with Gasteiger partial charge in [-0.3, -0.25) is 4.68 Å². The zero-order valence-electron chi connectivity index (χ0n) is 11.7. The van der Waals surface area contributed by atoms with Crippen LogP contribution in [0.3, 0.4) is 0 Å². The number of likely N-dealkylation sites (tertiary alicyclic amines) is 1. The number of hydrogen-bond donors (Lipinski definition) is 1. The second kappa shape index (κ2) is 5.63. The maximum atomic E-state index is 10.3. The third kappa shape index (κ3) is 2.84. The van der Waals surface area contributed by atoms with Crippen LogP contribution < -0.4 is 0 Å². The van der Waals surface area contributed by atoms with Crippen molar-refractivity contribution < 1.29 is 5.11 Å². The van der Waals surface area contributed by atoms with E-state index in [0.717, 1.165) is 32.5 Å². The topological polar surface area (TPSA) is 41.3 Å². The smallest absolute Gasteiger partial charge is 0.0608 e. The van der Waals surface area contributed by atoms with E-state index in [1.165, 1.54) is 32.2 Å². The molecule has 1 aliphatic carbocycles. The first-order valence-corrected chi connectivity index (χ1v) is 7.66. The van der Waals surface area contributed by atoms with Gasteiger partial charge in [-0.05, 0) is 51.3 Å². The van der Waals surface area contributed by atoms with Crippen molar-refractivity contribution in [2.24, 2.45) is 5.41 Å². The van der Waals surface area contributed by atoms with Gasteiger partial charge in [0.1, 0.15) is 0 Å². The zero-order valence-corrected chi connectivity index (χ0v) is 11.7. The summed E-state index contributed by atoms with van der Waals surface area (Å²) < 4.78 is 2.00. The Labute approximate surface area is 115 Å². The van der Waals surface area contributed by atoms with E-state index in [2.05, 4.69) is 10.00 Å². The molecule has 0 bridgehead atoms. The lowest BCUT2D eigenvalue weighted by molar-refractivity contribution is -0.00998. The summed E-state index contributed by atoms with van der Waals surface area (Å²) >= 11 is 0. The molecule has 2 fully saturated rings. The van der Waals surface area contributed by atoms with Crippen LogP contribution in [0.25, 0.3) is 0 Å². The molecule has 1 spiro atoms. The zero-order chi connectivity index (χ0) is 13.1. The van der Waals surface area contributed by atoms with E-state index in [1.54, 1.807) is 0 Å². The van der Waals surface area contributed by atoms with E-state index in [1.807, 2.05) is 23.1 Å². The lowest BCUT2D eigenvalue weighted by Gasteiger charge is -2.42. The minimum Gasteiger partial charge on any atom is -0.393 e. The number of aliphatic hydroxyl groups excluding tert-OH is 1. The normalized spacial score (nSPS) is 32.2. The largest absolute Gasteiger partial charge is 0.393 e. The highest BCUT2D eigenvalue weighted by atomic mass is 16.3. The summed E-state index contributed by atoms with van der Waals surface area (Å²) in [6.07, 6.45) is 10.9. The number of aliphatic hydroxyl groups is 1. The Bertz CT molecular complexity index is 392. The molecular weight excluding hydrogens is 238 g/mol. The average molecular weight is 263 g/mol. The monoisotopic (exact) mass is 263 g/mol. The number of rotatable bonds is 4. The molecule has 1 aromatic heterocycles. The van der Waals surface area contributed by atoms with Crippen molar-refractivity contribution in [2.75, 3.05) is 19.6 Å². The van der Waals surface area contributed by atoms with Crippen LogP contribution in [-0.2, 0) is 6.54 Å². The first kappa shape index (κ1) is 13.1. The minimum absolute atomic E-state index is 0.0542. The number of nitrogens with zero attached hydrogens (tertiary/aromatic N) is 3. The van der Waals surface area contributed by atoms with Gasteiger partial charge in [0.05, 0.1) is 6.10 Å². The lowest BCUT2D eigenvalue weighted by Crippen LogP contribution is -2.47.